The summed E-state index contributed by atoms with van der Waals surface area (Å²) in [7, 11) is 0. The average Bonchev–Trinajstić information content (AvgIpc) is 3.00. The van der Waals surface area contributed by atoms with Gasteiger partial charge < -0.3 is 23.7 Å². The number of hydrogen-bond acceptors (Lipinski definition) is 10. The first-order chi connectivity index (χ1) is 19.9. The lowest BCUT2D eigenvalue weighted by molar-refractivity contribution is -0.145. The molecule has 218 valence electrons. The van der Waals surface area contributed by atoms with Crippen LogP contribution in [0.1, 0.15) is 61.7 Å². The van der Waals surface area contributed by atoms with Gasteiger partial charge in [-0.25, -0.2) is 4.79 Å². The van der Waals surface area contributed by atoms with Crippen molar-refractivity contribution in [3.8, 4) is 23.0 Å². The topological polar surface area (TPSA) is 132 Å². The molecule has 0 N–H and O–H groups in total. The van der Waals surface area contributed by atoms with Gasteiger partial charge in [0.1, 0.15) is 23.0 Å². The summed E-state index contributed by atoms with van der Waals surface area (Å²) in [4.78, 5) is 58.0. The predicted octanol–water partition coefficient (Wildman–Crippen LogP) is 5.02. The fourth-order valence-corrected chi connectivity index (χ4v) is 4.39. The minimum Gasteiger partial charge on any atom is -0.494 e. The van der Waals surface area contributed by atoms with Gasteiger partial charge in [0.25, 0.3) is 6.47 Å². The van der Waals surface area contributed by atoms with Crippen LogP contribution in [-0.4, -0.2) is 43.9 Å². The van der Waals surface area contributed by atoms with Crippen molar-refractivity contribution >= 4 is 30.7 Å². The highest BCUT2D eigenvalue weighted by Gasteiger charge is 2.32. The number of ether oxygens (including phenoxy) is 5. The summed E-state index contributed by atoms with van der Waals surface area (Å²) in [5.74, 6) is -0.545. The molecular formula is C31H34O10. The number of aldehydes is 1. The molecule has 1 aliphatic rings. The van der Waals surface area contributed by atoms with Crippen LogP contribution in [0.3, 0.4) is 0 Å². The highest BCUT2D eigenvalue weighted by atomic mass is 16.5. The third-order valence-corrected chi connectivity index (χ3v) is 6.66. The summed E-state index contributed by atoms with van der Waals surface area (Å²) < 4.78 is 26.3. The van der Waals surface area contributed by atoms with Crippen molar-refractivity contribution in [2.75, 3.05) is 13.2 Å². The monoisotopic (exact) mass is 566 g/mol. The molecule has 1 fully saturated rings. The smallest absolute Gasteiger partial charge is 0.330 e. The molecule has 0 heterocycles. The number of carbonyl (C=O) groups excluding carboxylic acids is 5. The lowest BCUT2D eigenvalue weighted by Gasteiger charge is -2.25. The third kappa shape index (κ3) is 10.2. The van der Waals surface area contributed by atoms with Gasteiger partial charge in [0.15, 0.2) is 6.29 Å². The highest BCUT2D eigenvalue weighted by Crippen LogP contribution is 2.32. The van der Waals surface area contributed by atoms with Crippen LogP contribution >= 0.6 is 0 Å². The van der Waals surface area contributed by atoms with Crippen molar-refractivity contribution in [3.63, 3.8) is 0 Å². The van der Waals surface area contributed by atoms with Gasteiger partial charge in [0.05, 0.1) is 30.6 Å². The van der Waals surface area contributed by atoms with E-state index in [1.165, 1.54) is 18.2 Å². The highest BCUT2D eigenvalue weighted by molar-refractivity contribution is 5.82. The first kappa shape index (κ1) is 31.1. The van der Waals surface area contributed by atoms with Crippen LogP contribution in [0.25, 0.3) is 0 Å². The van der Waals surface area contributed by atoms with Crippen molar-refractivity contribution in [1.29, 1.82) is 0 Å². The van der Waals surface area contributed by atoms with E-state index in [2.05, 4.69) is 6.58 Å². The van der Waals surface area contributed by atoms with Gasteiger partial charge in [-0.05, 0) is 93.8 Å². The van der Waals surface area contributed by atoms with E-state index in [9.17, 15) is 24.0 Å². The Balaban J connectivity index is 1.34. The summed E-state index contributed by atoms with van der Waals surface area (Å²) in [6.45, 7) is 4.50. The summed E-state index contributed by atoms with van der Waals surface area (Å²) in [6, 6.07) is 11.0. The molecule has 0 aromatic heterocycles. The van der Waals surface area contributed by atoms with Crippen molar-refractivity contribution < 1.29 is 47.7 Å². The largest absolute Gasteiger partial charge is 0.494 e. The lowest BCUT2D eigenvalue weighted by Crippen LogP contribution is -2.30. The zero-order valence-electron chi connectivity index (χ0n) is 22.8. The van der Waals surface area contributed by atoms with Gasteiger partial charge in [0.2, 0.25) is 0 Å². The molecule has 0 bridgehead atoms. The van der Waals surface area contributed by atoms with Gasteiger partial charge in [0, 0.05) is 6.08 Å². The van der Waals surface area contributed by atoms with Crippen molar-refractivity contribution in [2.45, 2.75) is 51.4 Å². The SMILES string of the molecule is C=CC(=O)OCCCCCCOc1ccc(OC(=O)C2CCC(C(=O)Oc3ccc(OC=O)c(C=O)c3)CC2)cc1. The van der Waals surface area contributed by atoms with Crippen LogP contribution in [-0.2, 0) is 23.9 Å². The number of unbranched alkanes of at least 4 members (excludes halogenated alkanes) is 3. The molecule has 2 aromatic rings. The molecular weight excluding hydrogens is 532 g/mol. The maximum absolute atomic E-state index is 12.7. The Bertz CT molecular complexity index is 1200. The zero-order valence-corrected chi connectivity index (χ0v) is 22.8. The van der Waals surface area contributed by atoms with Crippen LogP contribution in [0.5, 0.6) is 23.0 Å². The summed E-state index contributed by atoms with van der Waals surface area (Å²) in [5.41, 5.74) is 0.0888. The fourth-order valence-electron chi connectivity index (χ4n) is 4.39. The predicted molar refractivity (Wildman–Crippen MR) is 147 cm³/mol. The molecule has 0 amide bonds. The minimum absolute atomic E-state index is 0.0740. The number of esters is 3. The van der Waals surface area contributed by atoms with E-state index in [0.717, 1.165) is 31.8 Å². The number of rotatable bonds is 16. The fraction of sp³-hybridized carbons (Fsp3) is 0.387. The molecule has 1 saturated carbocycles. The first-order valence-corrected chi connectivity index (χ1v) is 13.6. The summed E-state index contributed by atoms with van der Waals surface area (Å²) >= 11 is 0. The second-order valence-corrected chi connectivity index (χ2v) is 9.53. The molecule has 0 radical (unpaired) electrons. The Morgan fingerprint density at radius 3 is 1.90 bits per heavy atom. The Morgan fingerprint density at radius 2 is 1.32 bits per heavy atom. The zero-order chi connectivity index (χ0) is 29.5. The second kappa shape index (κ2) is 16.6. The first-order valence-electron chi connectivity index (χ1n) is 13.6. The maximum Gasteiger partial charge on any atom is 0.330 e. The van der Waals surface area contributed by atoms with Gasteiger partial charge in [-0.2, -0.15) is 0 Å². The second-order valence-electron chi connectivity index (χ2n) is 9.53. The van der Waals surface area contributed by atoms with E-state index < -0.39 is 11.9 Å². The van der Waals surface area contributed by atoms with Crippen LogP contribution in [0, 0.1) is 11.8 Å². The minimum atomic E-state index is -0.442. The van der Waals surface area contributed by atoms with Crippen molar-refractivity contribution in [2.24, 2.45) is 11.8 Å². The maximum atomic E-state index is 12.7. The van der Waals surface area contributed by atoms with Gasteiger partial charge in [-0.3, -0.25) is 19.2 Å². The van der Waals surface area contributed by atoms with E-state index in [-0.39, 0.29) is 41.3 Å². The molecule has 2 aromatic carbocycles. The molecule has 0 saturated heterocycles. The van der Waals surface area contributed by atoms with Gasteiger partial charge in [-0.15, -0.1) is 0 Å². The van der Waals surface area contributed by atoms with Crippen LogP contribution in [0.15, 0.2) is 55.1 Å². The van der Waals surface area contributed by atoms with E-state index in [1.807, 2.05) is 0 Å². The third-order valence-electron chi connectivity index (χ3n) is 6.66. The van der Waals surface area contributed by atoms with Crippen LogP contribution in [0.2, 0.25) is 0 Å². The Morgan fingerprint density at radius 1 is 0.756 bits per heavy atom. The molecule has 10 heteroatoms. The quantitative estimate of drug-likeness (QED) is 0.0897. The number of hydrogen-bond donors (Lipinski definition) is 0. The molecule has 41 heavy (non-hydrogen) atoms. The Labute approximate surface area is 238 Å². The molecule has 0 spiro atoms. The van der Waals surface area contributed by atoms with Gasteiger partial charge >= 0.3 is 17.9 Å². The van der Waals surface area contributed by atoms with Crippen molar-refractivity contribution in [1.82, 2.24) is 0 Å². The number of carbonyl (C=O) groups is 5. The van der Waals surface area contributed by atoms with E-state index >= 15 is 0 Å². The average molecular weight is 567 g/mol. The van der Waals surface area contributed by atoms with E-state index in [0.29, 0.717) is 56.7 Å². The van der Waals surface area contributed by atoms with E-state index in [4.69, 9.17) is 23.7 Å². The standard InChI is InChI=1S/C31H34O10/c1-2-29(34)38-18-6-4-3-5-17-37-25-11-13-26(14-12-25)40-30(35)22-7-9-23(10-8-22)31(36)41-27-15-16-28(39-21-33)24(19-27)20-32/h2,11-16,19-23H,1,3-10,17-18H2. The Kier molecular flexibility index (Phi) is 12.6. The normalized spacial score (nSPS) is 16.1. The molecule has 0 unspecified atom stereocenters. The number of benzene rings is 2. The summed E-state index contributed by atoms with van der Waals surface area (Å²) in [5, 5.41) is 0. The Hall–Kier alpha value is -4.47. The van der Waals surface area contributed by atoms with Gasteiger partial charge in [-0.1, -0.05) is 6.58 Å². The van der Waals surface area contributed by atoms with Crippen LogP contribution < -0.4 is 18.9 Å². The lowest BCUT2D eigenvalue weighted by atomic mass is 9.82. The molecule has 0 atom stereocenters. The van der Waals surface area contributed by atoms with E-state index in [1.54, 1.807) is 24.3 Å². The van der Waals surface area contributed by atoms with Crippen molar-refractivity contribution in [3.05, 3.63) is 60.7 Å². The molecule has 3 rings (SSSR count). The molecule has 10 nitrogen and oxygen atoms in total. The molecule has 0 aliphatic heterocycles. The molecule has 1 aliphatic carbocycles. The summed E-state index contributed by atoms with van der Waals surface area (Å²) in [6.07, 6.45) is 7.12. The van der Waals surface area contributed by atoms with Crippen LogP contribution in [0.4, 0.5) is 0 Å².